The summed E-state index contributed by atoms with van der Waals surface area (Å²) >= 11 is 2.20. The molecule has 0 N–H and O–H groups in total. The van der Waals surface area contributed by atoms with Crippen molar-refractivity contribution in [2.45, 2.75) is 19.1 Å². The van der Waals surface area contributed by atoms with Crippen LogP contribution in [0.3, 0.4) is 0 Å². The van der Waals surface area contributed by atoms with Crippen molar-refractivity contribution in [3.8, 4) is 0 Å². The standard InChI is InChI=1S/C7H9IN2O/c8-6-3-4-10(9-6)7-2-1-5-11-7/h3-4,7H,1-2,5H2. The van der Waals surface area contributed by atoms with Crippen LogP contribution in [-0.4, -0.2) is 16.4 Å². The average Bonchev–Trinajstić information content (AvgIpc) is 2.55. The Morgan fingerprint density at radius 1 is 1.73 bits per heavy atom. The Balaban J connectivity index is 2.15. The summed E-state index contributed by atoms with van der Waals surface area (Å²) in [5.74, 6) is 0. The molecular weight excluding hydrogens is 255 g/mol. The second-order valence-electron chi connectivity index (χ2n) is 2.59. The van der Waals surface area contributed by atoms with E-state index in [0.29, 0.717) is 0 Å². The number of rotatable bonds is 1. The first-order valence-electron chi connectivity index (χ1n) is 3.68. The van der Waals surface area contributed by atoms with Gasteiger partial charge in [0.2, 0.25) is 0 Å². The van der Waals surface area contributed by atoms with Crippen molar-refractivity contribution in [1.29, 1.82) is 0 Å². The SMILES string of the molecule is Ic1ccn(C2CCCO2)n1. The fourth-order valence-electron chi connectivity index (χ4n) is 1.24. The van der Waals surface area contributed by atoms with Gasteiger partial charge in [0.1, 0.15) is 9.93 Å². The van der Waals surface area contributed by atoms with Gasteiger partial charge in [-0.2, -0.15) is 5.10 Å². The molecule has 1 aliphatic heterocycles. The van der Waals surface area contributed by atoms with E-state index in [1.54, 1.807) is 0 Å². The number of nitrogens with zero attached hydrogens (tertiary/aromatic N) is 2. The topological polar surface area (TPSA) is 27.1 Å². The van der Waals surface area contributed by atoms with Crippen molar-refractivity contribution in [2.75, 3.05) is 6.61 Å². The highest BCUT2D eigenvalue weighted by Crippen LogP contribution is 2.21. The van der Waals surface area contributed by atoms with Gasteiger partial charge in [0.15, 0.2) is 0 Å². The summed E-state index contributed by atoms with van der Waals surface area (Å²) in [6.07, 6.45) is 4.41. The third kappa shape index (κ3) is 1.56. The van der Waals surface area contributed by atoms with Crippen LogP contribution in [0.25, 0.3) is 0 Å². The molecule has 1 aromatic heterocycles. The van der Waals surface area contributed by atoms with Crippen molar-refractivity contribution in [2.24, 2.45) is 0 Å². The Bertz CT molecular complexity index is 242. The van der Waals surface area contributed by atoms with Gasteiger partial charge >= 0.3 is 0 Å². The van der Waals surface area contributed by atoms with Crippen LogP contribution in [-0.2, 0) is 4.74 Å². The lowest BCUT2D eigenvalue weighted by Crippen LogP contribution is -2.07. The van der Waals surface area contributed by atoms with Gasteiger partial charge in [0.05, 0.1) is 0 Å². The summed E-state index contributed by atoms with van der Waals surface area (Å²) in [5, 5.41) is 4.27. The summed E-state index contributed by atoms with van der Waals surface area (Å²) in [6, 6.07) is 1.99. The normalized spacial score (nSPS) is 24.3. The molecule has 0 radical (unpaired) electrons. The van der Waals surface area contributed by atoms with E-state index in [2.05, 4.69) is 27.7 Å². The zero-order valence-corrected chi connectivity index (χ0v) is 8.19. The fraction of sp³-hybridized carbons (Fsp3) is 0.571. The maximum atomic E-state index is 5.45. The maximum Gasteiger partial charge on any atom is 0.150 e. The number of aromatic nitrogens is 2. The quantitative estimate of drug-likeness (QED) is 0.723. The number of hydrogen-bond donors (Lipinski definition) is 0. The molecule has 0 saturated carbocycles. The van der Waals surface area contributed by atoms with Gasteiger partial charge in [0, 0.05) is 12.8 Å². The first-order valence-corrected chi connectivity index (χ1v) is 4.76. The molecule has 3 nitrogen and oxygen atoms in total. The van der Waals surface area contributed by atoms with Crippen LogP contribution >= 0.6 is 22.6 Å². The molecule has 2 heterocycles. The van der Waals surface area contributed by atoms with Crippen molar-refractivity contribution < 1.29 is 4.74 Å². The van der Waals surface area contributed by atoms with Crippen molar-refractivity contribution in [3.63, 3.8) is 0 Å². The highest BCUT2D eigenvalue weighted by Gasteiger charge is 2.17. The molecule has 0 amide bonds. The predicted molar refractivity (Wildman–Crippen MR) is 49.2 cm³/mol. The Kier molecular flexibility index (Phi) is 2.13. The second-order valence-corrected chi connectivity index (χ2v) is 3.69. The Hall–Kier alpha value is -0.100. The van der Waals surface area contributed by atoms with Crippen LogP contribution in [0.1, 0.15) is 19.1 Å². The molecule has 1 aromatic rings. The predicted octanol–water partition coefficient (Wildman–Crippen LogP) is 1.80. The van der Waals surface area contributed by atoms with Crippen molar-refractivity contribution >= 4 is 22.6 Å². The van der Waals surface area contributed by atoms with E-state index in [4.69, 9.17) is 4.74 Å². The van der Waals surface area contributed by atoms with E-state index in [9.17, 15) is 0 Å². The van der Waals surface area contributed by atoms with Crippen LogP contribution in [0.5, 0.6) is 0 Å². The molecule has 60 valence electrons. The van der Waals surface area contributed by atoms with Crippen LogP contribution < -0.4 is 0 Å². The summed E-state index contributed by atoms with van der Waals surface area (Å²) in [4.78, 5) is 0. The Labute approximate surface area is 78.9 Å². The van der Waals surface area contributed by atoms with Gasteiger partial charge in [-0.15, -0.1) is 0 Å². The molecule has 2 rings (SSSR count). The maximum absolute atomic E-state index is 5.45. The third-order valence-corrected chi connectivity index (χ3v) is 2.35. The molecule has 0 spiro atoms. The lowest BCUT2D eigenvalue weighted by atomic mass is 10.3. The highest BCUT2D eigenvalue weighted by atomic mass is 127. The molecule has 1 atom stereocenters. The molecule has 1 saturated heterocycles. The average molecular weight is 264 g/mol. The van der Waals surface area contributed by atoms with E-state index in [-0.39, 0.29) is 6.23 Å². The van der Waals surface area contributed by atoms with E-state index in [1.165, 1.54) is 0 Å². The van der Waals surface area contributed by atoms with E-state index < -0.39 is 0 Å². The van der Waals surface area contributed by atoms with Crippen LogP contribution in [0.15, 0.2) is 12.3 Å². The van der Waals surface area contributed by atoms with Gasteiger partial charge in [-0.1, -0.05) is 0 Å². The number of hydrogen-bond acceptors (Lipinski definition) is 2. The van der Waals surface area contributed by atoms with Gasteiger partial charge < -0.3 is 4.74 Å². The van der Waals surface area contributed by atoms with Crippen molar-refractivity contribution in [1.82, 2.24) is 9.78 Å². The molecule has 1 unspecified atom stereocenters. The molecule has 0 bridgehead atoms. The minimum absolute atomic E-state index is 0.193. The lowest BCUT2D eigenvalue weighted by molar-refractivity contribution is 0.0465. The van der Waals surface area contributed by atoms with Gasteiger partial charge in [-0.3, -0.25) is 0 Å². The first-order chi connectivity index (χ1) is 5.36. The summed E-state index contributed by atoms with van der Waals surface area (Å²) < 4.78 is 8.37. The molecule has 11 heavy (non-hydrogen) atoms. The molecular formula is C7H9IN2O. The second kappa shape index (κ2) is 3.10. The highest BCUT2D eigenvalue weighted by molar-refractivity contribution is 14.1. The molecule has 0 aromatic carbocycles. The first kappa shape index (κ1) is 7.54. The van der Waals surface area contributed by atoms with E-state index in [1.807, 2.05) is 16.9 Å². The summed E-state index contributed by atoms with van der Waals surface area (Å²) in [5.41, 5.74) is 0. The van der Waals surface area contributed by atoms with Gasteiger partial charge in [-0.05, 0) is 41.5 Å². The molecule has 4 heteroatoms. The minimum Gasteiger partial charge on any atom is -0.357 e. The van der Waals surface area contributed by atoms with Crippen LogP contribution in [0.2, 0.25) is 0 Å². The molecule has 1 aliphatic rings. The minimum atomic E-state index is 0.193. The molecule has 1 fully saturated rings. The fourth-order valence-corrected chi connectivity index (χ4v) is 1.65. The van der Waals surface area contributed by atoms with Gasteiger partial charge in [-0.25, -0.2) is 4.68 Å². The van der Waals surface area contributed by atoms with Crippen LogP contribution in [0.4, 0.5) is 0 Å². The largest absolute Gasteiger partial charge is 0.357 e. The Morgan fingerprint density at radius 3 is 3.18 bits per heavy atom. The third-order valence-electron chi connectivity index (χ3n) is 1.78. The Morgan fingerprint density at radius 2 is 2.64 bits per heavy atom. The van der Waals surface area contributed by atoms with E-state index in [0.717, 1.165) is 23.1 Å². The number of halogens is 1. The smallest absolute Gasteiger partial charge is 0.150 e. The zero-order chi connectivity index (χ0) is 7.68. The lowest BCUT2D eigenvalue weighted by Gasteiger charge is -2.08. The molecule has 0 aliphatic carbocycles. The van der Waals surface area contributed by atoms with E-state index >= 15 is 0 Å². The summed E-state index contributed by atoms with van der Waals surface area (Å²) in [6.45, 7) is 0.876. The van der Waals surface area contributed by atoms with Crippen LogP contribution in [0, 0.1) is 3.70 Å². The number of ether oxygens (including phenoxy) is 1. The summed E-state index contributed by atoms with van der Waals surface area (Å²) in [7, 11) is 0. The van der Waals surface area contributed by atoms with Crippen molar-refractivity contribution in [3.05, 3.63) is 16.0 Å². The zero-order valence-electron chi connectivity index (χ0n) is 6.03. The monoisotopic (exact) mass is 264 g/mol. The van der Waals surface area contributed by atoms with Gasteiger partial charge in [0.25, 0.3) is 0 Å².